The third-order valence-corrected chi connectivity index (χ3v) is 4.58. The van der Waals surface area contributed by atoms with Gasteiger partial charge in [-0.15, -0.1) is 0 Å². The SMILES string of the molecule is COC(=O)C(NC(=O)c1cc(-c2ccco2)nc2ccccc12)c1ccccc1. The van der Waals surface area contributed by atoms with Gasteiger partial charge in [0.05, 0.1) is 24.5 Å². The van der Waals surface area contributed by atoms with Crippen LogP contribution in [0.4, 0.5) is 0 Å². The van der Waals surface area contributed by atoms with Crippen LogP contribution in [0.25, 0.3) is 22.4 Å². The molecule has 0 bridgehead atoms. The van der Waals surface area contributed by atoms with Crippen molar-refractivity contribution >= 4 is 22.8 Å². The molecule has 4 rings (SSSR count). The quantitative estimate of drug-likeness (QED) is 0.522. The van der Waals surface area contributed by atoms with E-state index in [2.05, 4.69) is 10.3 Å². The summed E-state index contributed by atoms with van der Waals surface area (Å²) in [6.45, 7) is 0. The van der Waals surface area contributed by atoms with Crippen LogP contribution in [0, 0.1) is 0 Å². The number of carbonyl (C=O) groups is 2. The van der Waals surface area contributed by atoms with E-state index >= 15 is 0 Å². The Hall–Kier alpha value is -3.93. The van der Waals surface area contributed by atoms with Gasteiger partial charge in [0.1, 0.15) is 5.69 Å². The van der Waals surface area contributed by atoms with E-state index in [1.807, 2.05) is 30.3 Å². The van der Waals surface area contributed by atoms with Crippen molar-refractivity contribution in [2.24, 2.45) is 0 Å². The number of aromatic nitrogens is 1. The molecule has 29 heavy (non-hydrogen) atoms. The lowest BCUT2D eigenvalue weighted by Crippen LogP contribution is -2.34. The lowest BCUT2D eigenvalue weighted by Gasteiger charge is -2.18. The largest absolute Gasteiger partial charge is 0.467 e. The van der Waals surface area contributed by atoms with Crippen molar-refractivity contribution < 1.29 is 18.7 Å². The number of para-hydroxylation sites is 1. The molecule has 1 N–H and O–H groups in total. The van der Waals surface area contributed by atoms with Crippen molar-refractivity contribution in [3.8, 4) is 11.5 Å². The molecule has 0 aliphatic rings. The van der Waals surface area contributed by atoms with Crippen LogP contribution in [-0.4, -0.2) is 24.0 Å². The van der Waals surface area contributed by atoms with Gasteiger partial charge in [-0.3, -0.25) is 4.79 Å². The smallest absolute Gasteiger partial charge is 0.333 e. The first kappa shape index (κ1) is 18.4. The third-order valence-electron chi connectivity index (χ3n) is 4.58. The molecule has 2 aromatic carbocycles. The monoisotopic (exact) mass is 386 g/mol. The zero-order valence-corrected chi connectivity index (χ0v) is 15.7. The van der Waals surface area contributed by atoms with Gasteiger partial charge in [0.15, 0.2) is 11.8 Å². The molecule has 1 amide bonds. The predicted octanol–water partition coefficient (Wildman–Crippen LogP) is 4.14. The average molecular weight is 386 g/mol. The second-order valence-corrected chi connectivity index (χ2v) is 6.39. The third kappa shape index (κ3) is 3.73. The minimum absolute atomic E-state index is 0.395. The Labute approximate surface area is 167 Å². The van der Waals surface area contributed by atoms with E-state index in [4.69, 9.17) is 9.15 Å². The number of hydrogen-bond acceptors (Lipinski definition) is 5. The predicted molar refractivity (Wildman–Crippen MR) is 108 cm³/mol. The number of esters is 1. The van der Waals surface area contributed by atoms with Crippen LogP contribution in [0.5, 0.6) is 0 Å². The van der Waals surface area contributed by atoms with E-state index in [-0.39, 0.29) is 0 Å². The molecule has 0 saturated heterocycles. The molecule has 2 aromatic heterocycles. The normalized spacial score (nSPS) is 11.8. The fourth-order valence-electron chi connectivity index (χ4n) is 3.16. The number of methoxy groups -OCH3 is 1. The zero-order valence-electron chi connectivity index (χ0n) is 15.7. The van der Waals surface area contributed by atoms with Crippen LogP contribution in [0.3, 0.4) is 0 Å². The van der Waals surface area contributed by atoms with Gasteiger partial charge in [0.2, 0.25) is 0 Å². The summed E-state index contributed by atoms with van der Waals surface area (Å²) in [5.74, 6) is -0.401. The number of carbonyl (C=O) groups excluding carboxylic acids is 2. The van der Waals surface area contributed by atoms with Gasteiger partial charge < -0.3 is 14.5 Å². The van der Waals surface area contributed by atoms with E-state index in [1.165, 1.54) is 7.11 Å². The van der Waals surface area contributed by atoms with Crippen molar-refractivity contribution in [2.75, 3.05) is 7.11 Å². The fourth-order valence-corrected chi connectivity index (χ4v) is 3.16. The number of benzene rings is 2. The van der Waals surface area contributed by atoms with E-state index < -0.39 is 17.9 Å². The van der Waals surface area contributed by atoms with Gasteiger partial charge in [-0.25, -0.2) is 9.78 Å². The molecule has 1 unspecified atom stereocenters. The van der Waals surface area contributed by atoms with Crippen molar-refractivity contribution in [2.45, 2.75) is 6.04 Å². The molecule has 6 nitrogen and oxygen atoms in total. The standard InChI is InChI=1S/C23H18N2O4/c1-28-23(27)21(15-8-3-2-4-9-15)25-22(26)17-14-19(20-12-7-13-29-20)24-18-11-6-5-10-16(17)18/h2-14,21H,1H3,(H,25,26). The van der Waals surface area contributed by atoms with Crippen LogP contribution in [0.1, 0.15) is 22.0 Å². The number of pyridine rings is 1. The van der Waals surface area contributed by atoms with Gasteiger partial charge in [-0.2, -0.15) is 0 Å². The molecular weight excluding hydrogens is 368 g/mol. The maximum atomic E-state index is 13.2. The highest BCUT2D eigenvalue weighted by Crippen LogP contribution is 2.26. The van der Waals surface area contributed by atoms with Crippen LogP contribution in [-0.2, 0) is 9.53 Å². The summed E-state index contributed by atoms with van der Waals surface area (Å²) < 4.78 is 10.3. The first-order chi connectivity index (χ1) is 14.2. The van der Waals surface area contributed by atoms with Crippen LogP contribution >= 0.6 is 0 Å². The second-order valence-electron chi connectivity index (χ2n) is 6.39. The number of rotatable bonds is 5. The Bertz CT molecular complexity index is 1150. The highest BCUT2D eigenvalue weighted by atomic mass is 16.5. The highest BCUT2D eigenvalue weighted by molar-refractivity contribution is 6.08. The van der Waals surface area contributed by atoms with E-state index in [0.29, 0.717) is 33.5 Å². The Balaban J connectivity index is 1.77. The van der Waals surface area contributed by atoms with Gasteiger partial charge in [-0.05, 0) is 29.8 Å². The summed E-state index contributed by atoms with van der Waals surface area (Å²) in [6, 6.07) is 20.6. The van der Waals surface area contributed by atoms with Gasteiger partial charge in [0.25, 0.3) is 5.91 Å². The van der Waals surface area contributed by atoms with Crippen LogP contribution < -0.4 is 5.32 Å². The Morgan fingerprint density at radius 3 is 2.48 bits per heavy atom. The molecular formula is C23H18N2O4. The summed E-state index contributed by atoms with van der Waals surface area (Å²) in [4.78, 5) is 30.1. The Morgan fingerprint density at radius 1 is 1.00 bits per heavy atom. The lowest BCUT2D eigenvalue weighted by atomic mass is 10.0. The topological polar surface area (TPSA) is 81.4 Å². The molecule has 0 aliphatic heterocycles. The molecule has 6 heteroatoms. The molecule has 2 heterocycles. The summed E-state index contributed by atoms with van der Waals surface area (Å²) in [5.41, 5.74) is 2.22. The minimum Gasteiger partial charge on any atom is -0.467 e. The van der Waals surface area contributed by atoms with Gasteiger partial charge >= 0.3 is 5.97 Å². The molecule has 0 fully saturated rings. The molecule has 144 valence electrons. The minimum atomic E-state index is -0.923. The maximum Gasteiger partial charge on any atom is 0.333 e. The number of hydrogen-bond donors (Lipinski definition) is 1. The first-order valence-corrected chi connectivity index (χ1v) is 9.04. The van der Waals surface area contributed by atoms with Gasteiger partial charge in [-0.1, -0.05) is 48.5 Å². The molecule has 0 saturated carbocycles. The van der Waals surface area contributed by atoms with Crippen molar-refractivity contribution in [1.82, 2.24) is 10.3 Å². The fraction of sp³-hybridized carbons (Fsp3) is 0.0870. The molecule has 0 aliphatic carbocycles. The van der Waals surface area contributed by atoms with E-state index in [0.717, 1.165) is 0 Å². The number of amides is 1. The number of nitrogens with one attached hydrogen (secondary N) is 1. The first-order valence-electron chi connectivity index (χ1n) is 9.04. The van der Waals surface area contributed by atoms with Crippen LogP contribution in [0.15, 0.2) is 83.5 Å². The van der Waals surface area contributed by atoms with E-state index in [1.54, 1.807) is 48.7 Å². The molecule has 0 radical (unpaired) electrons. The lowest BCUT2D eigenvalue weighted by molar-refractivity contribution is -0.143. The Kier molecular flexibility index (Phi) is 5.07. The highest BCUT2D eigenvalue weighted by Gasteiger charge is 2.25. The van der Waals surface area contributed by atoms with Crippen molar-refractivity contribution in [3.63, 3.8) is 0 Å². The van der Waals surface area contributed by atoms with Crippen molar-refractivity contribution in [3.05, 3.63) is 90.2 Å². The number of nitrogens with zero attached hydrogens (tertiary/aromatic N) is 1. The number of fused-ring (bicyclic) bond motifs is 1. The second kappa shape index (κ2) is 7.98. The van der Waals surface area contributed by atoms with Crippen molar-refractivity contribution in [1.29, 1.82) is 0 Å². The Morgan fingerprint density at radius 2 is 1.76 bits per heavy atom. The summed E-state index contributed by atoms with van der Waals surface area (Å²) in [5, 5.41) is 3.47. The number of ether oxygens (including phenoxy) is 1. The molecule has 0 spiro atoms. The summed E-state index contributed by atoms with van der Waals surface area (Å²) >= 11 is 0. The van der Waals surface area contributed by atoms with Gasteiger partial charge in [0, 0.05) is 5.39 Å². The zero-order chi connectivity index (χ0) is 20.2. The molecule has 1 atom stereocenters. The average Bonchev–Trinajstić information content (AvgIpc) is 3.31. The van der Waals surface area contributed by atoms with E-state index in [9.17, 15) is 9.59 Å². The summed E-state index contributed by atoms with van der Waals surface area (Å²) in [7, 11) is 1.29. The summed E-state index contributed by atoms with van der Waals surface area (Å²) in [6.07, 6.45) is 1.55. The number of furan rings is 1. The maximum absolute atomic E-state index is 13.2. The van der Waals surface area contributed by atoms with Crippen LogP contribution in [0.2, 0.25) is 0 Å². The molecule has 4 aromatic rings.